The molecule has 0 radical (unpaired) electrons. The van der Waals surface area contributed by atoms with E-state index in [1.165, 1.54) is 20.2 Å². The standard InChI is InChI=1S/C36H22ClNOS/c37-25-18-24(23-14-16-34-31(20-23)29-10-4-6-12-33(29)39-34)19-28(21-25)38(26-8-2-1-3-9-26)27-15-17-36-32(22-27)30-11-5-7-13-35(30)40-36/h1-22H. The molecule has 40 heavy (non-hydrogen) atoms. The lowest BCUT2D eigenvalue weighted by molar-refractivity contribution is 0.669. The molecule has 2 heterocycles. The predicted octanol–water partition coefficient (Wildman–Crippen LogP) is 11.7. The maximum atomic E-state index is 6.82. The van der Waals surface area contributed by atoms with E-state index < -0.39 is 0 Å². The summed E-state index contributed by atoms with van der Waals surface area (Å²) in [6.07, 6.45) is 0. The van der Waals surface area contributed by atoms with Gasteiger partial charge in [0.2, 0.25) is 0 Å². The molecule has 2 nitrogen and oxygen atoms in total. The number of halogens is 1. The van der Waals surface area contributed by atoms with Crippen molar-refractivity contribution >= 4 is 82.1 Å². The number of thiophene rings is 1. The van der Waals surface area contributed by atoms with Crippen molar-refractivity contribution in [1.82, 2.24) is 0 Å². The van der Waals surface area contributed by atoms with Crippen molar-refractivity contribution < 1.29 is 4.42 Å². The Morgan fingerprint density at radius 2 is 1.23 bits per heavy atom. The number of hydrogen-bond acceptors (Lipinski definition) is 3. The molecule has 6 aromatic carbocycles. The Morgan fingerprint density at radius 1 is 0.475 bits per heavy atom. The second kappa shape index (κ2) is 9.27. The van der Waals surface area contributed by atoms with Gasteiger partial charge in [0.05, 0.1) is 0 Å². The smallest absolute Gasteiger partial charge is 0.135 e. The molecule has 0 saturated carbocycles. The van der Waals surface area contributed by atoms with Crippen LogP contribution >= 0.6 is 22.9 Å². The number of nitrogens with zero attached hydrogens (tertiary/aromatic N) is 1. The molecular weight excluding hydrogens is 530 g/mol. The van der Waals surface area contributed by atoms with E-state index >= 15 is 0 Å². The van der Waals surface area contributed by atoms with Gasteiger partial charge in [-0.1, -0.05) is 72.3 Å². The van der Waals surface area contributed by atoms with Crippen LogP contribution in [0.2, 0.25) is 5.02 Å². The Bertz CT molecular complexity index is 2190. The quantitative estimate of drug-likeness (QED) is 0.216. The summed E-state index contributed by atoms with van der Waals surface area (Å²) in [5.41, 5.74) is 7.09. The van der Waals surface area contributed by atoms with Crippen LogP contribution in [0, 0.1) is 0 Å². The van der Waals surface area contributed by atoms with Gasteiger partial charge in [-0.3, -0.25) is 0 Å². The van der Waals surface area contributed by atoms with Crippen LogP contribution < -0.4 is 4.90 Å². The van der Waals surface area contributed by atoms with E-state index in [9.17, 15) is 0 Å². The van der Waals surface area contributed by atoms with Crippen LogP contribution in [0.15, 0.2) is 138 Å². The number of fused-ring (bicyclic) bond motifs is 6. The molecule has 0 aliphatic heterocycles. The third kappa shape index (κ3) is 3.86. The highest BCUT2D eigenvalue weighted by atomic mass is 35.5. The number of furan rings is 1. The fourth-order valence-corrected chi connectivity index (χ4v) is 6.97. The summed E-state index contributed by atoms with van der Waals surface area (Å²) >= 11 is 8.65. The second-order valence-electron chi connectivity index (χ2n) is 9.96. The maximum Gasteiger partial charge on any atom is 0.135 e. The largest absolute Gasteiger partial charge is 0.456 e. The van der Waals surface area contributed by atoms with Crippen molar-refractivity contribution in [3.05, 3.63) is 138 Å². The van der Waals surface area contributed by atoms with Gasteiger partial charge in [-0.15, -0.1) is 11.3 Å². The average Bonchev–Trinajstić information content (AvgIpc) is 3.55. The van der Waals surface area contributed by atoms with E-state index in [1.54, 1.807) is 0 Å². The van der Waals surface area contributed by atoms with Gasteiger partial charge in [-0.2, -0.15) is 0 Å². The third-order valence-corrected chi connectivity index (χ3v) is 8.85. The number of rotatable bonds is 4. The molecule has 0 saturated heterocycles. The van der Waals surface area contributed by atoms with Crippen LogP contribution in [0.5, 0.6) is 0 Å². The lowest BCUT2D eigenvalue weighted by Gasteiger charge is -2.26. The van der Waals surface area contributed by atoms with E-state index in [2.05, 4.69) is 102 Å². The van der Waals surface area contributed by atoms with Gasteiger partial charge in [0.15, 0.2) is 0 Å². The number of benzene rings is 6. The Kier molecular flexibility index (Phi) is 5.41. The second-order valence-corrected chi connectivity index (χ2v) is 11.5. The summed E-state index contributed by atoms with van der Waals surface area (Å²) in [4.78, 5) is 2.28. The zero-order chi connectivity index (χ0) is 26.6. The zero-order valence-corrected chi connectivity index (χ0v) is 22.9. The summed E-state index contributed by atoms with van der Waals surface area (Å²) in [6, 6.07) is 46.6. The molecule has 0 N–H and O–H groups in total. The molecule has 0 bridgehead atoms. The molecule has 4 heteroatoms. The van der Waals surface area contributed by atoms with E-state index in [4.69, 9.17) is 16.0 Å². The highest BCUT2D eigenvalue weighted by molar-refractivity contribution is 7.25. The van der Waals surface area contributed by atoms with E-state index in [0.717, 1.165) is 50.1 Å². The van der Waals surface area contributed by atoms with Crippen molar-refractivity contribution in [1.29, 1.82) is 0 Å². The first-order valence-corrected chi connectivity index (χ1v) is 14.4. The van der Waals surface area contributed by atoms with Crippen LogP contribution in [0.3, 0.4) is 0 Å². The Balaban J connectivity index is 1.31. The maximum absolute atomic E-state index is 6.82. The summed E-state index contributed by atoms with van der Waals surface area (Å²) in [5, 5.41) is 5.45. The summed E-state index contributed by atoms with van der Waals surface area (Å²) in [5.74, 6) is 0. The minimum atomic E-state index is 0.688. The van der Waals surface area contributed by atoms with E-state index in [1.807, 2.05) is 47.7 Å². The minimum Gasteiger partial charge on any atom is -0.456 e. The third-order valence-electron chi connectivity index (χ3n) is 7.48. The minimum absolute atomic E-state index is 0.688. The van der Waals surface area contributed by atoms with Gasteiger partial charge in [-0.25, -0.2) is 0 Å². The van der Waals surface area contributed by atoms with Gasteiger partial charge in [-0.05, 0) is 83.9 Å². The molecule has 0 amide bonds. The lowest BCUT2D eigenvalue weighted by atomic mass is 10.0. The van der Waals surface area contributed by atoms with Gasteiger partial charge >= 0.3 is 0 Å². The average molecular weight is 552 g/mol. The molecule has 0 fully saturated rings. The van der Waals surface area contributed by atoms with Crippen LogP contribution in [-0.2, 0) is 0 Å². The Labute approximate surface area is 240 Å². The van der Waals surface area contributed by atoms with Crippen LogP contribution in [0.1, 0.15) is 0 Å². The lowest BCUT2D eigenvalue weighted by Crippen LogP contribution is -2.10. The van der Waals surface area contributed by atoms with Crippen molar-refractivity contribution in [2.45, 2.75) is 0 Å². The number of para-hydroxylation sites is 2. The van der Waals surface area contributed by atoms with Crippen molar-refractivity contribution in [3.63, 3.8) is 0 Å². The molecule has 0 aliphatic carbocycles. The normalized spacial score (nSPS) is 11.6. The fourth-order valence-electron chi connectivity index (χ4n) is 5.65. The van der Waals surface area contributed by atoms with Crippen molar-refractivity contribution in [2.24, 2.45) is 0 Å². The molecule has 190 valence electrons. The fraction of sp³-hybridized carbons (Fsp3) is 0. The molecule has 0 unspecified atom stereocenters. The topological polar surface area (TPSA) is 16.4 Å². The van der Waals surface area contributed by atoms with Crippen LogP contribution in [0.25, 0.3) is 53.2 Å². The van der Waals surface area contributed by atoms with Crippen LogP contribution in [-0.4, -0.2) is 0 Å². The first kappa shape index (κ1) is 23.3. The highest BCUT2D eigenvalue weighted by Gasteiger charge is 2.17. The SMILES string of the molecule is Clc1cc(-c2ccc3oc4ccccc4c3c2)cc(N(c2ccccc2)c2ccc3sc4ccccc4c3c2)c1. The summed E-state index contributed by atoms with van der Waals surface area (Å²) in [7, 11) is 0. The first-order valence-electron chi connectivity index (χ1n) is 13.2. The number of anilines is 3. The Morgan fingerprint density at radius 3 is 2.12 bits per heavy atom. The monoisotopic (exact) mass is 551 g/mol. The van der Waals surface area contributed by atoms with Crippen molar-refractivity contribution in [2.75, 3.05) is 4.90 Å². The molecule has 0 aliphatic rings. The highest BCUT2D eigenvalue weighted by Crippen LogP contribution is 2.42. The predicted molar refractivity (Wildman–Crippen MR) is 172 cm³/mol. The molecule has 2 aromatic heterocycles. The molecular formula is C36H22ClNOS. The zero-order valence-electron chi connectivity index (χ0n) is 21.3. The number of hydrogen-bond donors (Lipinski definition) is 0. The van der Waals surface area contributed by atoms with E-state index in [-0.39, 0.29) is 0 Å². The van der Waals surface area contributed by atoms with Crippen molar-refractivity contribution in [3.8, 4) is 11.1 Å². The van der Waals surface area contributed by atoms with Gasteiger partial charge in [0, 0.05) is 53.0 Å². The molecule has 0 spiro atoms. The Hall–Kier alpha value is -4.57. The van der Waals surface area contributed by atoms with Gasteiger partial charge in [0.25, 0.3) is 0 Å². The molecule has 0 atom stereocenters. The summed E-state index contributed by atoms with van der Waals surface area (Å²) < 4.78 is 8.65. The van der Waals surface area contributed by atoms with Gasteiger partial charge in [0.1, 0.15) is 11.2 Å². The molecule has 8 aromatic rings. The van der Waals surface area contributed by atoms with E-state index in [0.29, 0.717) is 5.02 Å². The van der Waals surface area contributed by atoms with Gasteiger partial charge < -0.3 is 9.32 Å². The van der Waals surface area contributed by atoms with Crippen LogP contribution in [0.4, 0.5) is 17.1 Å². The molecule has 8 rings (SSSR count). The first-order chi connectivity index (χ1) is 19.7. The summed E-state index contributed by atoms with van der Waals surface area (Å²) in [6.45, 7) is 0.